The highest BCUT2D eigenvalue weighted by atomic mass is 16.2. The molecule has 0 atom stereocenters. The van der Waals surface area contributed by atoms with Crippen LogP contribution in [0.25, 0.3) is 0 Å². The molecule has 0 bridgehead atoms. The van der Waals surface area contributed by atoms with Crippen molar-refractivity contribution in [3.63, 3.8) is 0 Å². The Morgan fingerprint density at radius 1 is 0.935 bits per heavy atom. The number of likely N-dealkylation sites (N-methyl/N-ethyl adjacent to an activating group) is 1. The number of benzene rings is 2. The van der Waals surface area contributed by atoms with Gasteiger partial charge in [-0.15, -0.1) is 0 Å². The van der Waals surface area contributed by atoms with E-state index in [0.717, 1.165) is 39.1 Å². The van der Waals surface area contributed by atoms with E-state index in [1.54, 1.807) is 4.90 Å². The fourth-order valence-electron chi connectivity index (χ4n) is 3.90. The molecule has 31 heavy (non-hydrogen) atoms. The van der Waals surface area contributed by atoms with E-state index in [-0.39, 0.29) is 24.9 Å². The Bertz CT molecular complexity index is 848. The van der Waals surface area contributed by atoms with Gasteiger partial charge in [0.05, 0.1) is 13.1 Å². The first-order valence-electron chi connectivity index (χ1n) is 11.0. The molecule has 1 fully saturated rings. The van der Waals surface area contributed by atoms with Gasteiger partial charge in [0, 0.05) is 39.3 Å². The summed E-state index contributed by atoms with van der Waals surface area (Å²) in [5.41, 5.74) is 3.80. The molecule has 0 unspecified atom stereocenters. The van der Waals surface area contributed by atoms with Crippen LogP contribution in [-0.4, -0.2) is 79.4 Å². The molecule has 6 nitrogen and oxygen atoms in total. The number of aryl methyl sites for hydroxylation is 1. The van der Waals surface area contributed by atoms with E-state index in [0.29, 0.717) is 6.54 Å². The van der Waals surface area contributed by atoms with E-state index in [2.05, 4.69) is 53.5 Å². The number of piperazine rings is 1. The summed E-state index contributed by atoms with van der Waals surface area (Å²) in [6.07, 6.45) is 0.808. The van der Waals surface area contributed by atoms with Crippen molar-refractivity contribution in [3.8, 4) is 0 Å². The molecule has 0 saturated carbocycles. The van der Waals surface area contributed by atoms with Crippen LogP contribution in [0.1, 0.15) is 16.7 Å². The van der Waals surface area contributed by atoms with Gasteiger partial charge in [-0.3, -0.25) is 19.4 Å². The molecule has 6 heteroatoms. The van der Waals surface area contributed by atoms with E-state index in [9.17, 15) is 9.59 Å². The van der Waals surface area contributed by atoms with Crippen LogP contribution in [0.5, 0.6) is 0 Å². The maximum atomic E-state index is 12.6. The molecule has 0 radical (unpaired) electrons. The standard InChI is InChI=1S/C25H34N4O2/c1-21-7-6-10-23(17-21)18-28-13-15-29(16-14-28)25(31)20-27(2)19-24(30)26-12-11-22-8-4-3-5-9-22/h3-10,17H,11-16,18-20H2,1-2H3,(H,26,30). The lowest BCUT2D eigenvalue weighted by molar-refractivity contribution is -0.134. The van der Waals surface area contributed by atoms with E-state index in [4.69, 9.17) is 0 Å². The fraction of sp³-hybridized carbons (Fsp3) is 0.440. The van der Waals surface area contributed by atoms with Crippen molar-refractivity contribution in [3.05, 3.63) is 71.3 Å². The fourth-order valence-corrected chi connectivity index (χ4v) is 3.90. The molecular formula is C25H34N4O2. The zero-order chi connectivity index (χ0) is 22.1. The summed E-state index contributed by atoms with van der Waals surface area (Å²) in [5.74, 6) is 0.0454. The Labute approximate surface area is 185 Å². The molecule has 0 aromatic heterocycles. The van der Waals surface area contributed by atoms with Gasteiger partial charge in [-0.25, -0.2) is 0 Å². The summed E-state index contributed by atoms with van der Waals surface area (Å²) in [6, 6.07) is 18.7. The Hall–Kier alpha value is -2.70. The van der Waals surface area contributed by atoms with Crippen molar-refractivity contribution in [2.75, 3.05) is 52.9 Å². The van der Waals surface area contributed by atoms with Crippen LogP contribution in [0.3, 0.4) is 0 Å². The molecule has 2 aromatic carbocycles. The number of hydrogen-bond donors (Lipinski definition) is 1. The van der Waals surface area contributed by atoms with Crippen LogP contribution >= 0.6 is 0 Å². The molecule has 1 saturated heterocycles. The molecule has 3 rings (SSSR count). The smallest absolute Gasteiger partial charge is 0.236 e. The molecule has 1 N–H and O–H groups in total. The predicted octanol–water partition coefficient (Wildman–Crippen LogP) is 1.93. The second-order valence-electron chi connectivity index (χ2n) is 8.40. The van der Waals surface area contributed by atoms with Crippen molar-refractivity contribution in [1.29, 1.82) is 0 Å². The van der Waals surface area contributed by atoms with Crippen molar-refractivity contribution < 1.29 is 9.59 Å². The first-order chi connectivity index (χ1) is 15.0. The normalized spacial score (nSPS) is 14.6. The molecule has 166 valence electrons. The molecule has 1 heterocycles. The lowest BCUT2D eigenvalue weighted by Gasteiger charge is -2.35. The van der Waals surface area contributed by atoms with Crippen LogP contribution in [0.4, 0.5) is 0 Å². The third kappa shape index (κ3) is 7.81. The number of hydrogen-bond acceptors (Lipinski definition) is 4. The van der Waals surface area contributed by atoms with Crippen molar-refractivity contribution in [1.82, 2.24) is 20.0 Å². The average molecular weight is 423 g/mol. The Morgan fingerprint density at radius 2 is 1.65 bits per heavy atom. The highest BCUT2D eigenvalue weighted by Crippen LogP contribution is 2.10. The zero-order valence-corrected chi connectivity index (χ0v) is 18.7. The summed E-state index contributed by atoms with van der Waals surface area (Å²) in [5, 5.41) is 2.94. The minimum atomic E-state index is -0.0470. The van der Waals surface area contributed by atoms with Gasteiger partial charge in [0.25, 0.3) is 0 Å². The minimum Gasteiger partial charge on any atom is -0.355 e. The lowest BCUT2D eigenvalue weighted by Crippen LogP contribution is -2.51. The molecule has 1 aliphatic rings. The Morgan fingerprint density at radius 3 is 2.35 bits per heavy atom. The molecule has 0 spiro atoms. The number of carbonyl (C=O) groups excluding carboxylic acids is 2. The minimum absolute atomic E-state index is 0.0470. The monoisotopic (exact) mass is 422 g/mol. The largest absolute Gasteiger partial charge is 0.355 e. The highest BCUT2D eigenvalue weighted by molar-refractivity contribution is 5.81. The maximum Gasteiger partial charge on any atom is 0.236 e. The SMILES string of the molecule is Cc1cccc(CN2CCN(C(=O)CN(C)CC(=O)NCCc3ccccc3)CC2)c1. The van der Waals surface area contributed by atoms with Gasteiger partial charge in [-0.1, -0.05) is 60.2 Å². The number of nitrogens with one attached hydrogen (secondary N) is 1. The van der Waals surface area contributed by atoms with Gasteiger partial charge in [-0.05, 0) is 31.5 Å². The topological polar surface area (TPSA) is 55.9 Å². The van der Waals surface area contributed by atoms with Gasteiger partial charge in [0.15, 0.2) is 0 Å². The van der Waals surface area contributed by atoms with Gasteiger partial charge in [0.1, 0.15) is 0 Å². The van der Waals surface area contributed by atoms with Crippen molar-refractivity contribution in [2.45, 2.75) is 19.9 Å². The first-order valence-corrected chi connectivity index (χ1v) is 11.0. The van der Waals surface area contributed by atoms with Crippen LogP contribution in [0.15, 0.2) is 54.6 Å². The van der Waals surface area contributed by atoms with E-state index >= 15 is 0 Å². The summed E-state index contributed by atoms with van der Waals surface area (Å²) >= 11 is 0. The first kappa shape index (κ1) is 23.0. The van der Waals surface area contributed by atoms with Gasteiger partial charge >= 0.3 is 0 Å². The summed E-state index contributed by atoms with van der Waals surface area (Å²) in [6.45, 7) is 7.37. The molecule has 0 aliphatic carbocycles. The quantitative estimate of drug-likeness (QED) is 0.671. The third-order valence-electron chi connectivity index (χ3n) is 5.61. The van der Waals surface area contributed by atoms with Crippen LogP contribution < -0.4 is 5.32 Å². The molecular weight excluding hydrogens is 388 g/mol. The van der Waals surface area contributed by atoms with Crippen molar-refractivity contribution >= 4 is 11.8 Å². The van der Waals surface area contributed by atoms with E-state index < -0.39 is 0 Å². The van der Waals surface area contributed by atoms with Crippen LogP contribution in [0, 0.1) is 6.92 Å². The lowest BCUT2D eigenvalue weighted by atomic mass is 10.1. The highest BCUT2D eigenvalue weighted by Gasteiger charge is 2.22. The zero-order valence-electron chi connectivity index (χ0n) is 18.7. The van der Waals surface area contributed by atoms with E-state index in [1.807, 2.05) is 30.1 Å². The summed E-state index contributed by atoms with van der Waals surface area (Å²) < 4.78 is 0. The summed E-state index contributed by atoms with van der Waals surface area (Å²) in [4.78, 5) is 30.9. The number of carbonyl (C=O) groups is 2. The number of rotatable bonds is 9. The van der Waals surface area contributed by atoms with Gasteiger partial charge < -0.3 is 10.2 Å². The van der Waals surface area contributed by atoms with Crippen LogP contribution in [-0.2, 0) is 22.6 Å². The second-order valence-corrected chi connectivity index (χ2v) is 8.40. The van der Waals surface area contributed by atoms with Crippen LogP contribution in [0.2, 0.25) is 0 Å². The summed E-state index contributed by atoms with van der Waals surface area (Å²) in [7, 11) is 1.82. The van der Waals surface area contributed by atoms with E-state index in [1.165, 1.54) is 16.7 Å². The second kappa shape index (κ2) is 11.6. The molecule has 1 aliphatic heterocycles. The number of amides is 2. The van der Waals surface area contributed by atoms with Gasteiger partial charge in [-0.2, -0.15) is 0 Å². The average Bonchev–Trinajstić information content (AvgIpc) is 2.75. The van der Waals surface area contributed by atoms with Gasteiger partial charge in [0.2, 0.25) is 11.8 Å². The predicted molar refractivity (Wildman–Crippen MR) is 124 cm³/mol. The Balaban J connectivity index is 1.33. The molecule has 2 amide bonds. The van der Waals surface area contributed by atoms with Crippen molar-refractivity contribution in [2.24, 2.45) is 0 Å². The number of nitrogens with zero attached hydrogens (tertiary/aromatic N) is 3. The maximum absolute atomic E-state index is 12.6. The Kier molecular flexibility index (Phi) is 8.62. The third-order valence-corrected chi connectivity index (χ3v) is 5.61. The molecule has 2 aromatic rings.